The maximum Gasteiger partial charge on any atom is 0.303 e. The van der Waals surface area contributed by atoms with Gasteiger partial charge < -0.3 is 15.2 Å². The highest BCUT2D eigenvalue weighted by molar-refractivity contribution is 5.80. The van der Waals surface area contributed by atoms with Crippen molar-refractivity contribution in [2.24, 2.45) is 11.8 Å². The SMILES string of the molecule is CC(C)C(CCNC(=O)C1CCCO1)CCC(=O)O. The highest BCUT2D eigenvalue weighted by Crippen LogP contribution is 2.20. The largest absolute Gasteiger partial charge is 0.481 e. The second-order valence-corrected chi connectivity index (χ2v) is 5.52. The van der Waals surface area contributed by atoms with Gasteiger partial charge in [0, 0.05) is 19.6 Å². The molecule has 0 saturated carbocycles. The Hall–Kier alpha value is -1.10. The van der Waals surface area contributed by atoms with Crippen LogP contribution in [0.5, 0.6) is 0 Å². The Morgan fingerprint density at radius 1 is 1.37 bits per heavy atom. The summed E-state index contributed by atoms with van der Waals surface area (Å²) in [6.07, 6.45) is 3.16. The number of hydrogen-bond acceptors (Lipinski definition) is 3. The van der Waals surface area contributed by atoms with Gasteiger partial charge in [0.25, 0.3) is 0 Å². The third kappa shape index (κ3) is 6.05. The van der Waals surface area contributed by atoms with Crippen LogP contribution in [0.4, 0.5) is 0 Å². The molecule has 5 nitrogen and oxygen atoms in total. The lowest BCUT2D eigenvalue weighted by Gasteiger charge is -2.20. The van der Waals surface area contributed by atoms with Crippen LogP contribution < -0.4 is 5.32 Å². The van der Waals surface area contributed by atoms with Gasteiger partial charge >= 0.3 is 5.97 Å². The van der Waals surface area contributed by atoms with Crippen molar-refractivity contribution < 1.29 is 19.4 Å². The molecule has 19 heavy (non-hydrogen) atoms. The summed E-state index contributed by atoms with van der Waals surface area (Å²) in [6.45, 7) is 5.45. The maximum absolute atomic E-state index is 11.7. The Morgan fingerprint density at radius 2 is 2.11 bits per heavy atom. The number of aliphatic carboxylic acids is 1. The highest BCUT2D eigenvalue weighted by atomic mass is 16.5. The maximum atomic E-state index is 11.7. The van der Waals surface area contributed by atoms with Gasteiger partial charge in [-0.25, -0.2) is 0 Å². The lowest BCUT2D eigenvalue weighted by Crippen LogP contribution is -2.35. The van der Waals surface area contributed by atoms with E-state index in [1.54, 1.807) is 0 Å². The number of carbonyl (C=O) groups excluding carboxylic acids is 1. The first-order valence-electron chi connectivity index (χ1n) is 7.11. The van der Waals surface area contributed by atoms with Gasteiger partial charge in [0.15, 0.2) is 0 Å². The molecule has 0 bridgehead atoms. The first-order valence-corrected chi connectivity index (χ1v) is 7.11. The van der Waals surface area contributed by atoms with Crippen molar-refractivity contribution in [3.05, 3.63) is 0 Å². The summed E-state index contributed by atoms with van der Waals surface area (Å²) in [5, 5.41) is 11.6. The van der Waals surface area contributed by atoms with Crippen LogP contribution in [0.1, 0.15) is 46.0 Å². The summed E-state index contributed by atoms with van der Waals surface area (Å²) in [7, 11) is 0. The Kier molecular flexibility index (Phi) is 6.84. The fourth-order valence-corrected chi connectivity index (χ4v) is 2.40. The normalized spacial score (nSPS) is 20.5. The fourth-order valence-electron chi connectivity index (χ4n) is 2.40. The van der Waals surface area contributed by atoms with Crippen LogP contribution in [0, 0.1) is 11.8 Å². The molecular weight excluding hydrogens is 246 g/mol. The van der Waals surface area contributed by atoms with E-state index in [1.807, 2.05) is 0 Å². The van der Waals surface area contributed by atoms with Crippen LogP contribution in [-0.2, 0) is 14.3 Å². The van der Waals surface area contributed by atoms with E-state index in [0.29, 0.717) is 31.4 Å². The molecule has 1 amide bonds. The Balaban J connectivity index is 2.23. The quantitative estimate of drug-likeness (QED) is 0.706. The number of carboxylic acid groups (broad SMARTS) is 1. The third-order valence-corrected chi connectivity index (χ3v) is 3.71. The zero-order valence-electron chi connectivity index (χ0n) is 11.9. The van der Waals surface area contributed by atoms with Crippen molar-refractivity contribution >= 4 is 11.9 Å². The van der Waals surface area contributed by atoms with Crippen LogP contribution >= 0.6 is 0 Å². The van der Waals surface area contributed by atoms with E-state index in [9.17, 15) is 9.59 Å². The summed E-state index contributed by atoms with van der Waals surface area (Å²) < 4.78 is 5.31. The molecule has 1 rings (SSSR count). The van der Waals surface area contributed by atoms with Crippen molar-refractivity contribution in [2.45, 2.75) is 52.1 Å². The second-order valence-electron chi connectivity index (χ2n) is 5.52. The first-order chi connectivity index (χ1) is 9.00. The number of hydrogen-bond donors (Lipinski definition) is 2. The van der Waals surface area contributed by atoms with E-state index in [1.165, 1.54) is 0 Å². The van der Waals surface area contributed by atoms with Crippen molar-refractivity contribution in [1.82, 2.24) is 5.32 Å². The molecule has 0 aromatic rings. The predicted molar refractivity (Wildman–Crippen MR) is 71.8 cm³/mol. The minimum absolute atomic E-state index is 0.0294. The van der Waals surface area contributed by atoms with Gasteiger partial charge in [-0.1, -0.05) is 13.8 Å². The molecule has 1 saturated heterocycles. The monoisotopic (exact) mass is 271 g/mol. The van der Waals surface area contributed by atoms with E-state index >= 15 is 0 Å². The van der Waals surface area contributed by atoms with Gasteiger partial charge in [0.1, 0.15) is 6.10 Å². The van der Waals surface area contributed by atoms with E-state index in [-0.39, 0.29) is 18.4 Å². The van der Waals surface area contributed by atoms with Crippen molar-refractivity contribution in [3.63, 3.8) is 0 Å². The van der Waals surface area contributed by atoms with Gasteiger partial charge in [-0.15, -0.1) is 0 Å². The summed E-state index contributed by atoms with van der Waals surface area (Å²) in [5.41, 5.74) is 0. The number of nitrogens with one attached hydrogen (secondary N) is 1. The summed E-state index contributed by atoms with van der Waals surface area (Å²) in [4.78, 5) is 22.3. The molecule has 0 aromatic heterocycles. The molecule has 1 fully saturated rings. The van der Waals surface area contributed by atoms with Crippen molar-refractivity contribution in [1.29, 1.82) is 0 Å². The zero-order valence-corrected chi connectivity index (χ0v) is 11.9. The molecule has 0 spiro atoms. The second kappa shape index (κ2) is 8.15. The van der Waals surface area contributed by atoms with Gasteiger partial charge in [-0.3, -0.25) is 9.59 Å². The van der Waals surface area contributed by atoms with E-state index in [2.05, 4.69) is 19.2 Å². The van der Waals surface area contributed by atoms with Gasteiger partial charge in [0.2, 0.25) is 5.91 Å². The lowest BCUT2D eigenvalue weighted by atomic mass is 9.88. The number of carbonyl (C=O) groups is 2. The molecule has 1 heterocycles. The van der Waals surface area contributed by atoms with Crippen LogP contribution in [-0.4, -0.2) is 36.2 Å². The predicted octanol–water partition coefficient (Wildman–Crippen LogP) is 1.81. The molecule has 2 N–H and O–H groups in total. The average Bonchev–Trinajstić information content (AvgIpc) is 2.86. The molecule has 1 aliphatic rings. The minimum atomic E-state index is -0.756. The lowest BCUT2D eigenvalue weighted by molar-refractivity contribution is -0.137. The average molecular weight is 271 g/mol. The molecule has 2 unspecified atom stereocenters. The van der Waals surface area contributed by atoms with E-state index < -0.39 is 5.97 Å². The van der Waals surface area contributed by atoms with E-state index in [4.69, 9.17) is 9.84 Å². The molecule has 110 valence electrons. The first kappa shape index (κ1) is 16.0. The summed E-state index contributed by atoms with van der Waals surface area (Å²) >= 11 is 0. The minimum Gasteiger partial charge on any atom is -0.481 e. The topological polar surface area (TPSA) is 75.6 Å². The smallest absolute Gasteiger partial charge is 0.303 e. The van der Waals surface area contributed by atoms with Gasteiger partial charge in [0.05, 0.1) is 0 Å². The zero-order chi connectivity index (χ0) is 14.3. The number of ether oxygens (including phenoxy) is 1. The van der Waals surface area contributed by atoms with Gasteiger partial charge in [-0.05, 0) is 37.5 Å². The molecule has 0 aliphatic carbocycles. The molecule has 2 atom stereocenters. The number of carboxylic acids is 1. The standard InChI is InChI=1S/C14H25NO4/c1-10(2)11(5-6-13(16)17)7-8-15-14(18)12-4-3-9-19-12/h10-12H,3-9H2,1-2H3,(H,15,18)(H,16,17). The van der Waals surface area contributed by atoms with Crippen LogP contribution in [0.25, 0.3) is 0 Å². The molecular formula is C14H25NO4. The third-order valence-electron chi connectivity index (χ3n) is 3.71. The van der Waals surface area contributed by atoms with Gasteiger partial charge in [-0.2, -0.15) is 0 Å². The molecule has 1 aliphatic heterocycles. The highest BCUT2D eigenvalue weighted by Gasteiger charge is 2.23. The number of amides is 1. The molecule has 0 aromatic carbocycles. The Morgan fingerprint density at radius 3 is 2.63 bits per heavy atom. The van der Waals surface area contributed by atoms with Crippen molar-refractivity contribution in [3.8, 4) is 0 Å². The van der Waals surface area contributed by atoms with Crippen LogP contribution in [0.15, 0.2) is 0 Å². The molecule has 5 heteroatoms. The number of rotatable bonds is 8. The summed E-state index contributed by atoms with van der Waals surface area (Å²) in [5.74, 6) is -0.0211. The van der Waals surface area contributed by atoms with Crippen LogP contribution in [0.3, 0.4) is 0 Å². The fraction of sp³-hybridized carbons (Fsp3) is 0.857. The Labute approximate surface area is 114 Å². The molecule has 0 radical (unpaired) electrons. The Bertz CT molecular complexity index is 298. The van der Waals surface area contributed by atoms with E-state index in [0.717, 1.165) is 19.3 Å². The van der Waals surface area contributed by atoms with Crippen molar-refractivity contribution in [2.75, 3.05) is 13.2 Å². The summed E-state index contributed by atoms with van der Waals surface area (Å²) in [6, 6.07) is 0. The van der Waals surface area contributed by atoms with Crippen LogP contribution in [0.2, 0.25) is 0 Å².